The summed E-state index contributed by atoms with van der Waals surface area (Å²) in [6.45, 7) is 0.687. The van der Waals surface area contributed by atoms with Crippen molar-refractivity contribution in [3.8, 4) is 0 Å². The summed E-state index contributed by atoms with van der Waals surface area (Å²) in [5.41, 5.74) is 1.16. The highest BCUT2D eigenvalue weighted by Crippen LogP contribution is 2.04. The summed E-state index contributed by atoms with van der Waals surface area (Å²) in [6, 6.07) is 10.00. The Labute approximate surface area is 93.0 Å². The quantitative estimate of drug-likeness (QED) is 0.757. The largest absolute Gasteiger partial charge is 0.341 e. The Morgan fingerprint density at radius 1 is 1.36 bits per heavy atom. The Morgan fingerprint density at radius 2 is 2.00 bits per heavy atom. The standard InChI is InChI=1S/C11H14BrNO/c1-13(11(14)7-8-12)9-10-5-3-2-4-6-10/h2-6H,7-9H2,1H3. The van der Waals surface area contributed by atoms with E-state index in [1.54, 1.807) is 4.90 Å². The van der Waals surface area contributed by atoms with Crippen LogP contribution in [0.5, 0.6) is 0 Å². The van der Waals surface area contributed by atoms with Crippen LogP contribution < -0.4 is 0 Å². The van der Waals surface area contributed by atoms with Gasteiger partial charge in [0.05, 0.1) is 0 Å². The number of carbonyl (C=O) groups is 1. The number of hydrogen-bond donors (Lipinski definition) is 0. The number of nitrogens with zero attached hydrogens (tertiary/aromatic N) is 1. The van der Waals surface area contributed by atoms with Crippen LogP contribution in [-0.4, -0.2) is 23.2 Å². The summed E-state index contributed by atoms with van der Waals surface area (Å²) in [5.74, 6) is 0.172. The number of rotatable bonds is 4. The third-order valence-corrected chi connectivity index (χ3v) is 2.39. The van der Waals surface area contributed by atoms with Crippen molar-refractivity contribution in [2.75, 3.05) is 12.4 Å². The number of alkyl halides is 1. The van der Waals surface area contributed by atoms with Crippen molar-refractivity contribution >= 4 is 21.8 Å². The van der Waals surface area contributed by atoms with Crippen LogP contribution in [0.25, 0.3) is 0 Å². The maximum Gasteiger partial charge on any atom is 0.223 e. The van der Waals surface area contributed by atoms with E-state index in [-0.39, 0.29) is 5.91 Å². The molecule has 0 fully saturated rings. The second kappa shape index (κ2) is 5.81. The van der Waals surface area contributed by atoms with E-state index >= 15 is 0 Å². The smallest absolute Gasteiger partial charge is 0.223 e. The molecule has 1 amide bonds. The summed E-state index contributed by atoms with van der Waals surface area (Å²) in [7, 11) is 1.83. The number of hydrogen-bond acceptors (Lipinski definition) is 1. The van der Waals surface area contributed by atoms with Crippen molar-refractivity contribution in [2.45, 2.75) is 13.0 Å². The fraction of sp³-hybridized carbons (Fsp3) is 0.364. The predicted octanol–water partition coefficient (Wildman–Crippen LogP) is 2.43. The van der Waals surface area contributed by atoms with Crippen molar-refractivity contribution in [3.05, 3.63) is 35.9 Å². The van der Waals surface area contributed by atoms with Crippen LogP contribution in [0.3, 0.4) is 0 Å². The first-order valence-corrected chi connectivity index (χ1v) is 5.70. The van der Waals surface area contributed by atoms with E-state index in [1.165, 1.54) is 0 Å². The molecule has 3 heteroatoms. The molecule has 1 rings (SSSR count). The van der Waals surface area contributed by atoms with Gasteiger partial charge in [0.15, 0.2) is 0 Å². The zero-order chi connectivity index (χ0) is 10.4. The van der Waals surface area contributed by atoms with Crippen molar-refractivity contribution in [1.82, 2.24) is 4.90 Å². The average Bonchev–Trinajstić information content (AvgIpc) is 2.19. The van der Waals surface area contributed by atoms with E-state index in [0.29, 0.717) is 13.0 Å². The molecule has 0 aliphatic carbocycles. The zero-order valence-corrected chi connectivity index (χ0v) is 9.83. The van der Waals surface area contributed by atoms with Gasteiger partial charge in [0.2, 0.25) is 5.91 Å². The Bertz CT molecular complexity index is 287. The summed E-state index contributed by atoms with van der Waals surface area (Å²) in [5, 5.41) is 0.727. The van der Waals surface area contributed by atoms with Gasteiger partial charge in [-0.2, -0.15) is 0 Å². The highest BCUT2D eigenvalue weighted by molar-refractivity contribution is 9.09. The van der Waals surface area contributed by atoms with Crippen LogP contribution >= 0.6 is 15.9 Å². The fourth-order valence-corrected chi connectivity index (χ4v) is 1.56. The molecule has 14 heavy (non-hydrogen) atoms. The first-order valence-electron chi connectivity index (χ1n) is 4.58. The minimum atomic E-state index is 0.172. The van der Waals surface area contributed by atoms with E-state index in [2.05, 4.69) is 15.9 Å². The number of benzene rings is 1. The number of halogens is 1. The zero-order valence-electron chi connectivity index (χ0n) is 8.24. The van der Waals surface area contributed by atoms with Gasteiger partial charge >= 0.3 is 0 Å². The van der Waals surface area contributed by atoms with Crippen LogP contribution in [0.2, 0.25) is 0 Å². The van der Waals surface area contributed by atoms with Crippen LogP contribution in [-0.2, 0) is 11.3 Å². The molecular formula is C11H14BrNO. The van der Waals surface area contributed by atoms with Crippen molar-refractivity contribution in [3.63, 3.8) is 0 Å². The minimum absolute atomic E-state index is 0.172. The molecule has 0 radical (unpaired) electrons. The molecule has 2 nitrogen and oxygen atoms in total. The molecule has 0 N–H and O–H groups in total. The second-order valence-corrected chi connectivity index (χ2v) is 3.97. The van der Waals surface area contributed by atoms with Crippen molar-refractivity contribution in [2.24, 2.45) is 0 Å². The molecule has 0 saturated heterocycles. The predicted molar refractivity (Wildman–Crippen MR) is 61.3 cm³/mol. The lowest BCUT2D eigenvalue weighted by Gasteiger charge is -2.16. The Balaban J connectivity index is 2.49. The van der Waals surface area contributed by atoms with Crippen LogP contribution in [0.15, 0.2) is 30.3 Å². The van der Waals surface area contributed by atoms with Gasteiger partial charge in [0.1, 0.15) is 0 Å². The summed E-state index contributed by atoms with van der Waals surface area (Å²) in [4.78, 5) is 13.2. The molecular weight excluding hydrogens is 242 g/mol. The molecule has 76 valence electrons. The van der Waals surface area contributed by atoms with Gasteiger partial charge in [-0.1, -0.05) is 46.3 Å². The summed E-state index contributed by atoms with van der Waals surface area (Å²) in [6.07, 6.45) is 0.559. The van der Waals surface area contributed by atoms with Crippen molar-refractivity contribution < 1.29 is 4.79 Å². The molecule has 1 aromatic carbocycles. The number of carbonyl (C=O) groups excluding carboxylic acids is 1. The molecule has 0 aliphatic heterocycles. The van der Waals surface area contributed by atoms with Gasteiger partial charge in [0.25, 0.3) is 0 Å². The van der Waals surface area contributed by atoms with Crippen LogP contribution in [0.4, 0.5) is 0 Å². The third-order valence-electron chi connectivity index (χ3n) is 2.00. The molecule has 0 aliphatic rings. The Kier molecular flexibility index (Phi) is 4.66. The van der Waals surface area contributed by atoms with Crippen LogP contribution in [0.1, 0.15) is 12.0 Å². The molecule has 0 bridgehead atoms. The first-order chi connectivity index (χ1) is 6.74. The SMILES string of the molecule is CN(Cc1ccccc1)C(=O)CCBr. The Morgan fingerprint density at radius 3 is 2.57 bits per heavy atom. The monoisotopic (exact) mass is 255 g/mol. The highest BCUT2D eigenvalue weighted by atomic mass is 79.9. The van der Waals surface area contributed by atoms with E-state index in [4.69, 9.17) is 0 Å². The van der Waals surface area contributed by atoms with Gasteiger partial charge in [0, 0.05) is 25.3 Å². The normalized spacial score (nSPS) is 9.86. The topological polar surface area (TPSA) is 20.3 Å². The highest BCUT2D eigenvalue weighted by Gasteiger charge is 2.07. The lowest BCUT2D eigenvalue weighted by Crippen LogP contribution is -2.26. The third kappa shape index (κ3) is 3.50. The van der Waals surface area contributed by atoms with E-state index in [1.807, 2.05) is 37.4 Å². The van der Waals surface area contributed by atoms with E-state index in [0.717, 1.165) is 10.9 Å². The lowest BCUT2D eigenvalue weighted by molar-refractivity contribution is -0.129. The second-order valence-electron chi connectivity index (χ2n) is 3.17. The lowest BCUT2D eigenvalue weighted by atomic mass is 10.2. The molecule has 0 unspecified atom stereocenters. The summed E-state index contributed by atoms with van der Waals surface area (Å²) >= 11 is 3.26. The molecule has 0 saturated carbocycles. The first kappa shape index (κ1) is 11.2. The van der Waals surface area contributed by atoms with Gasteiger partial charge < -0.3 is 4.90 Å². The molecule has 0 heterocycles. The van der Waals surface area contributed by atoms with E-state index < -0.39 is 0 Å². The minimum Gasteiger partial charge on any atom is -0.341 e. The van der Waals surface area contributed by atoms with Gasteiger partial charge in [-0.05, 0) is 5.56 Å². The molecule has 0 atom stereocenters. The Hall–Kier alpha value is -0.830. The average molecular weight is 256 g/mol. The van der Waals surface area contributed by atoms with Gasteiger partial charge in [-0.3, -0.25) is 4.79 Å². The van der Waals surface area contributed by atoms with E-state index in [9.17, 15) is 4.79 Å². The number of amides is 1. The maximum absolute atomic E-state index is 11.4. The molecule has 0 aromatic heterocycles. The summed E-state index contributed by atoms with van der Waals surface area (Å²) < 4.78 is 0. The van der Waals surface area contributed by atoms with Crippen LogP contribution in [0, 0.1) is 0 Å². The molecule has 0 spiro atoms. The maximum atomic E-state index is 11.4. The van der Waals surface area contributed by atoms with Gasteiger partial charge in [-0.15, -0.1) is 0 Å². The molecule has 1 aromatic rings. The van der Waals surface area contributed by atoms with Crippen molar-refractivity contribution in [1.29, 1.82) is 0 Å². The fourth-order valence-electron chi connectivity index (χ4n) is 1.22. The van der Waals surface area contributed by atoms with Gasteiger partial charge in [-0.25, -0.2) is 0 Å².